The van der Waals surface area contributed by atoms with Crippen molar-refractivity contribution in [2.24, 2.45) is 0 Å². The predicted molar refractivity (Wildman–Crippen MR) is 65.2 cm³/mol. The van der Waals surface area contributed by atoms with Crippen LogP contribution < -0.4 is 5.32 Å². The average molecular weight is 256 g/mol. The molecule has 0 amide bonds. The van der Waals surface area contributed by atoms with Crippen molar-refractivity contribution < 1.29 is 13.9 Å². The quantitative estimate of drug-likeness (QED) is 0.849. The Morgan fingerprint density at radius 2 is 2.00 bits per heavy atom. The fourth-order valence-electron chi connectivity index (χ4n) is 2.32. The highest BCUT2D eigenvalue weighted by atomic mass is 19.1. The number of nitrogens with one attached hydrogen (secondary N) is 1. The van der Waals surface area contributed by atoms with Gasteiger partial charge in [-0.15, -0.1) is 0 Å². The van der Waals surface area contributed by atoms with Crippen LogP contribution in [0.2, 0.25) is 0 Å². The molecular formula is C13H18F2N2O. The molecule has 1 aliphatic heterocycles. The van der Waals surface area contributed by atoms with Gasteiger partial charge in [0.15, 0.2) is 0 Å². The predicted octanol–water partition coefficient (Wildman–Crippen LogP) is 1.08. The number of hydrogen-bond donors (Lipinski definition) is 2. The first-order valence-electron chi connectivity index (χ1n) is 6.10. The van der Waals surface area contributed by atoms with Crippen molar-refractivity contribution >= 4 is 0 Å². The summed E-state index contributed by atoms with van der Waals surface area (Å²) >= 11 is 0. The summed E-state index contributed by atoms with van der Waals surface area (Å²) in [6, 6.07) is 3.29. The van der Waals surface area contributed by atoms with Crippen LogP contribution >= 0.6 is 0 Å². The zero-order chi connectivity index (χ0) is 13.2. The second-order valence-corrected chi connectivity index (χ2v) is 4.92. The first kappa shape index (κ1) is 13.4. The van der Waals surface area contributed by atoms with E-state index < -0.39 is 17.2 Å². The molecule has 18 heavy (non-hydrogen) atoms. The largest absolute Gasteiger partial charge is 0.384 e. The number of rotatable bonds is 3. The Kier molecular flexibility index (Phi) is 3.94. The van der Waals surface area contributed by atoms with Crippen molar-refractivity contribution in [3.63, 3.8) is 0 Å². The Hall–Kier alpha value is -1.04. The Morgan fingerprint density at radius 1 is 1.33 bits per heavy atom. The third kappa shape index (κ3) is 3.04. The molecule has 0 aliphatic carbocycles. The Bertz CT molecular complexity index is 417. The van der Waals surface area contributed by atoms with Crippen molar-refractivity contribution in [3.05, 3.63) is 35.4 Å². The van der Waals surface area contributed by atoms with E-state index in [0.29, 0.717) is 6.54 Å². The summed E-state index contributed by atoms with van der Waals surface area (Å²) in [5, 5.41) is 13.6. The SMILES string of the molecule is CC(O)(CN1CCNCC1)c1ccc(F)cc1F. The zero-order valence-electron chi connectivity index (χ0n) is 10.4. The lowest BCUT2D eigenvalue weighted by Crippen LogP contribution is -2.48. The van der Waals surface area contributed by atoms with Gasteiger partial charge >= 0.3 is 0 Å². The molecule has 1 aromatic rings. The molecular weight excluding hydrogens is 238 g/mol. The molecule has 2 rings (SSSR count). The third-order valence-corrected chi connectivity index (χ3v) is 3.25. The minimum Gasteiger partial charge on any atom is -0.384 e. The standard InChI is InChI=1S/C13H18F2N2O/c1-13(18,9-17-6-4-16-5-7-17)11-3-2-10(14)8-12(11)15/h2-3,8,16,18H,4-7,9H2,1H3. The topological polar surface area (TPSA) is 35.5 Å². The smallest absolute Gasteiger partial charge is 0.132 e. The van der Waals surface area contributed by atoms with Crippen molar-refractivity contribution in [2.45, 2.75) is 12.5 Å². The molecule has 1 heterocycles. The number of nitrogens with zero attached hydrogens (tertiary/aromatic N) is 1. The average Bonchev–Trinajstić information content (AvgIpc) is 2.29. The monoisotopic (exact) mass is 256 g/mol. The molecule has 1 aliphatic rings. The van der Waals surface area contributed by atoms with E-state index in [4.69, 9.17) is 0 Å². The zero-order valence-corrected chi connectivity index (χ0v) is 10.4. The Balaban J connectivity index is 2.13. The fraction of sp³-hybridized carbons (Fsp3) is 0.538. The molecule has 1 unspecified atom stereocenters. The number of β-amino-alcohol motifs (C(OH)–C–C–N with tert-alkyl or cyclic N) is 1. The van der Waals surface area contributed by atoms with Crippen molar-refractivity contribution in [3.8, 4) is 0 Å². The van der Waals surface area contributed by atoms with Gasteiger partial charge in [0.1, 0.15) is 17.2 Å². The summed E-state index contributed by atoms with van der Waals surface area (Å²) in [6.45, 7) is 5.27. The van der Waals surface area contributed by atoms with Gasteiger partial charge in [0.2, 0.25) is 0 Å². The molecule has 1 aromatic carbocycles. The van der Waals surface area contributed by atoms with E-state index in [-0.39, 0.29) is 5.56 Å². The molecule has 0 aromatic heterocycles. The first-order chi connectivity index (χ1) is 8.49. The van der Waals surface area contributed by atoms with E-state index in [2.05, 4.69) is 10.2 Å². The second kappa shape index (κ2) is 5.30. The molecule has 2 N–H and O–H groups in total. The van der Waals surface area contributed by atoms with E-state index in [1.807, 2.05) is 0 Å². The van der Waals surface area contributed by atoms with Crippen molar-refractivity contribution in [1.82, 2.24) is 10.2 Å². The van der Waals surface area contributed by atoms with E-state index >= 15 is 0 Å². The van der Waals surface area contributed by atoms with Gasteiger partial charge in [0, 0.05) is 44.4 Å². The van der Waals surface area contributed by atoms with Crippen LogP contribution in [0.1, 0.15) is 12.5 Å². The van der Waals surface area contributed by atoms with Crippen LogP contribution in [0.15, 0.2) is 18.2 Å². The molecule has 0 saturated carbocycles. The second-order valence-electron chi connectivity index (χ2n) is 4.92. The van der Waals surface area contributed by atoms with Gasteiger partial charge in [-0.2, -0.15) is 0 Å². The van der Waals surface area contributed by atoms with E-state index in [0.717, 1.165) is 32.2 Å². The maximum atomic E-state index is 13.7. The maximum Gasteiger partial charge on any atom is 0.132 e. The van der Waals surface area contributed by atoms with E-state index in [9.17, 15) is 13.9 Å². The number of hydrogen-bond acceptors (Lipinski definition) is 3. The number of halogens is 2. The van der Waals surface area contributed by atoms with Crippen molar-refractivity contribution in [2.75, 3.05) is 32.7 Å². The highest BCUT2D eigenvalue weighted by Gasteiger charge is 2.29. The van der Waals surface area contributed by atoms with Crippen LogP contribution in [0.3, 0.4) is 0 Å². The Morgan fingerprint density at radius 3 is 2.61 bits per heavy atom. The molecule has 1 atom stereocenters. The molecule has 100 valence electrons. The fourth-order valence-corrected chi connectivity index (χ4v) is 2.32. The minimum absolute atomic E-state index is 0.141. The Labute approximate surface area is 105 Å². The summed E-state index contributed by atoms with van der Waals surface area (Å²) in [5.41, 5.74) is -1.17. The lowest BCUT2D eigenvalue weighted by molar-refractivity contribution is 0.00969. The molecule has 0 bridgehead atoms. The highest BCUT2D eigenvalue weighted by Crippen LogP contribution is 2.25. The molecule has 1 saturated heterocycles. The van der Waals surface area contributed by atoms with Gasteiger partial charge in [0.25, 0.3) is 0 Å². The summed E-state index contributed by atoms with van der Waals surface area (Å²) < 4.78 is 26.5. The molecule has 3 nitrogen and oxygen atoms in total. The van der Waals surface area contributed by atoms with Gasteiger partial charge in [-0.1, -0.05) is 6.07 Å². The van der Waals surface area contributed by atoms with Crippen LogP contribution in [0.5, 0.6) is 0 Å². The van der Waals surface area contributed by atoms with Gasteiger partial charge < -0.3 is 10.4 Å². The van der Waals surface area contributed by atoms with Gasteiger partial charge in [-0.05, 0) is 13.0 Å². The van der Waals surface area contributed by atoms with Gasteiger partial charge in [-0.3, -0.25) is 4.90 Å². The van der Waals surface area contributed by atoms with Crippen molar-refractivity contribution in [1.29, 1.82) is 0 Å². The molecule has 0 radical (unpaired) electrons. The normalized spacial score (nSPS) is 20.7. The lowest BCUT2D eigenvalue weighted by Gasteiger charge is -2.34. The number of aliphatic hydroxyl groups is 1. The first-order valence-corrected chi connectivity index (χ1v) is 6.10. The highest BCUT2D eigenvalue weighted by molar-refractivity contribution is 5.24. The molecule has 5 heteroatoms. The summed E-state index contributed by atoms with van der Waals surface area (Å²) in [6.07, 6.45) is 0. The molecule has 1 fully saturated rings. The van der Waals surface area contributed by atoms with E-state index in [1.54, 1.807) is 6.92 Å². The lowest BCUT2D eigenvalue weighted by atomic mass is 9.94. The maximum absolute atomic E-state index is 13.7. The summed E-state index contributed by atoms with van der Waals surface area (Å²) in [7, 11) is 0. The number of piperazine rings is 1. The summed E-state index contributed by atoms with van der Waals surface area (Å²) in [4.78, 5) is 2.07. The number of benzene rings is 1. The third-order valence-electron chi connectivity index (χ3n) is 3.25. The van der Waals surface area contributed by atoms with Crippen LogP contribution in [-0.4, -0.2) is 42.7 Å². The van der Waals surface area contributed by atoms with Crippen LogP contribution in [0.25, 0.3) is 0 Å². The van der Waals surface area contributed by atoms with E-state index in [1.165, 1.54) is 12.1 Å². The van der Waals surface area contributed by atoms with Crippen LogP contribution in [-0.2, 0) is 5.60 Å². The van der Waals surface area contributed by atoms with Crippen LogP contribution in [0, 0.1) is 11.6 Å². The van der Waals surface area contributed by atoms with Gasteiger partial charge in [-0.25, -0.2) is 8.78 Å². The minimum atomic E-state index is -1.31. The summed E-state index contributed by atoms with van der Waals surface area (Å²) in [5.74, 6) is -1.33. The molecule has 0 spiro atoms. The van der Waals surface area contributed by atoms with Crippen LogP contribution in [0.4, 0.5) is 8.78 Å². The van der Waals surface area contributed by atoms with Gasteiger partial charge in [0.05, 0.1) is 0 Å².